The highest BCUT2D eigenvalue weighted by Crippen LogP contribution is 2.24. The predicted molar refractivity (Wildman–Crippen MR) is 83.9 cm³/mol. The fraction of sp³-hybridized carbons (Fsp3) is 0.533. The third-order valence-corrected chi connectivity index (χ3v) is 4.15. The Labute approximate surface area is 125 Å². The van der Waals surface area contributed by atoms with Gasteiger partial charge in [0.15, 0.2) is 0 Å². The van der Waals surface area contributed by atoms with Crippen LogP contribution in [0.2, 0.25) is 0 Å². The van der Waals surface area contributed by atoms with E-state index in [1.807, 2.05) is 25.1 Å². The smallest absolute Gasteiger partial charge is 0.129 e. The number of benzene rings is 1. The Kier molecular flexibility index (Phi) is 4.96. The molecule has 1 saturated heterocycles. The average Bonchev–Trinajstić information content (AvgIpc) is 2.87. The van der Waals surface area contributed by atoms with E-state index in [0.29, 0.717) is 16.7 Å². The summed E-state index contributed by atoms with van der Waals surface area (Å²) in [6.07, 6.45) is 0.818. The van der Waals surface area contributed by atoms with Gasteiger partial charge in [-0.2, -0.15) is 0 Å². The first-order valence-electron chi connectivity index (χ1n) is 6.88. The number of methoxy groups -OCH3 is 1. The van der Waals surface area contributed by atoms with Gasteiger partial charge < -0.3 is 15.6 Å². The first-order chi connectivity index (χ1) is 9.51. The molecule has 2 unspecified atom stereocenters. The van der Waals surface area contributed by atoms with Gasteiger partial charge in [-0.05, 0) is 43.5 Å². The van der Waals surface area contributed by atoms with Crippen LogP contribution in [0.15, 0.2) is 18.2 Å². The SMILES string of the molecule is COc1ccc(CN2CCC(C(C)O)C2)cc1C(N)=S. The zero-order valence-electron chi connectivity index (χ0n) is 12.0. The molecule has 1 aromatic carbocycles. The van der Waals surface area contributed by atoms with Crippen LogP contribution in [-0.4, -0.2) is 41.3 Å². The van der Waals surface area contributed by atoms with Gasteiger partial charge in [0, 0.05) is 13.1 Å². The molecule has 20 heavy (non-hydrogen) atoms. The van der Waals surface area contributed by atoms with Gasteiger partial charge >= 0.3 is 0 Å². The molecule has 0 saturated carbocycles. The highest BCUT2D eigenvalue weighted by atomic mass is 32.1. The molecule has 1 heterocycles. The summed E-state index contributed by atoms with van der Waals surface area (Å²) in [5.74, 6) is 1.09. The summed E-state index contributed by atoms with van der Waals surface area (Å²) >= 11 is 5.06. The minimum absolute atomic E-state index is 0.233. The molecule has 4 nitrogen and oxygen atoms in total. The molecule has 1 aromatic rings. The van der Waals surface area contributed by atoms with Crippen molar-refractivity contribution < 1.29 is 9.84 Å². The molecule has 1 aliphatic rings. The molecule has 0 radical (unpaired) electrons. The van der Waals surface area contributed by atoms with Crippen molar-refractivity contribution in [1.29, 1.82) is 0 Å². The number of nitrogens with two attached hydrogens (primary N) is 1. The van der Waals surface area contributed by atoms with Gasteiger partial charge in [0.05, 0.1) is 18.8 Å². The quantitative estimate of drug-likeness (QED) is 0.807. The molecule has 5 heteroatoms. The molecule has 1 aliphatic heterocycles. The molecular weight excluding hydrogens is 272 g/mol. The molecule has 0 aromatic heterocycles. The number of aliphatic hydroxyl groups excluding tert-OH is 1. The molecule has 0 spiro atoms. The van der Waals surface area contributed by atoms with Gasteiger partial charge in [0.25, 0.3) is 0 Å². The van der Waals surface area contributed by atoms with Crippen molar-refractivity contribution in [3.8, 4) is 5.75 Å². The molecule has 2 rings (SSSR count). The molecule has 0 bridgehead atoms. The number of thiocarbonyl (C=S) groups is 1. The molecule has 110 valence electrons. The molecule has 3 N–H and O–H groups in total. The average molecular weight is 294 g/mol. The van der Waals surface area contributed by atoms with Gasteiger partial charge in [-0.25, -0.2) is 0 Å². The lowest BCUT2D eigenvalue weighted by molar-refractivity contribution is 0.127. The first-order valence-corrected chi connectivity index (χ1v) is 7.29. The number of ether oxygens (including phenoxy) is 1. The summed E-state index contributed by atoms with van der Waals surface area (Å²) in [4.78, 5) is 2.70. The van der Waals surface area contributed by atoms with Gasteiger partial charge in [-0.15, -0.1) is 0 Å². The van der Waals surface area contributed by atoms with E-state index in [2.05, 4.69) is 4.90 Å². The number of rotatable bonds is 5. The van der Waals surface area contributed by atoms with E-state index < -0.39 is 0 Å². The van der Waals surface area contributed by atoms with E-state index in [1.165, 1.54) is 5.56 Å². The summed E-state index contributed by atoms with van der Waals surface area (Å²) in [5, 5.41) is 9.64. The summed E-state index contributed by atoms with van der Waals surface area (Å²) in [5.41, 5.74) is 7.68. The third kappa shape index (κ3) is 3.48. The van der Waals surface area contributed by atoms with Crippen LogP contribution in [0.1, 0.15) is 24.5 Å². The number of hydrogen-bond donors (Lipinski definition) is 2. The van der Waals surface area contributed by atoms with E-state index in [9.17, 15) is 5.11 Å². The number of hydrogen-bond acceptors (Lipinski definition) is 4. The van der Waals surface area contributed by atoms with Gasteiger partial charge in [0.2, 0.25) is 0 Å². The van der Waals surface area contributed by atoms with Crippen molar-refractivity contribution in [3.63, 3.8) is 0 Å². The Balaban J connectivity index is 2.07. The Morgan fingerprint density at radius 2 is 2.35 bits per heavy atom. The van der Waals surface area contributed by atoms with E-state index in [0.717, 1.165) is 31.6 Å². The van der Waals surface area contributed by atoms with Crippen LogP contribution in [0.3, 0.4) is 0 Å². The van der Waals surface area contributed by atoms with Crippen molar-refractivity contribution in [2.45, 2.75) is 26.0 Å². The molecule has 1 fully saturated rings. The molecule has 0 amide bonds. The molecule has 2 atom stereocenters. The van der Waals surface area contributed by atoms with Crippen molar-refractivity contribution in [2.24, 2.45) is 11.7 Å². The Hall–Kier alpha value is -1.17. The number of aliphatic hydroxyl groups is 1. The second-order valence-electron chi connectivity index (χ2n) is 5.42. The maximum Gasteiger partial charge on any atom is 0.129 e. The van der Waals surface area contributed by atoms with Crippen molar-refractivity contribution in [2.75, 3.05) is 20.2 Å². The highest BCUT2D eigenvalue weighted by Gasteiger charge is 2.25. The number of nitrogens with zero attached hydrogens (tertiary/aromatic N) is 1. The number of likely N-dealkylation sites (tertiary alicyclic amines) is 1. The highest BCUT2D eigenvalue weighted by molar-refractivity contribution is 7.80. The van der Waals surface area contributed by atoms with E-state index in [1.54, 1.807) is 7.11 Å². The van der Waals surface area contributed by atoms with Crippen molar-refractivity contribution >= 4 is 17.2 Å². The first kappa shape index (κ1) is 15.2. The van der Waals surface area contributed by atoms with E-state index >= 15 is 0 Å². The minimum atomic E-state index is -0.233. The van der Waals surface area contributed by atoms with Crippen LogP contribution in [0.4, 0.5) is 0 Å². The summed E-state index contributed by atoms with van der Waals surface area (Å²) in [7, 11) is 1.62. The maximum atomic E-state index is 9.64. The van der Waals surface area contributed by atoms with Crippen molar-refractivity contribution in [3.05, 3.63) is 29.3 Å². The van der Waals surface area contributed by atoms with Crippen LogP contribution in [0.5, 0.6) is 5.75 Å². The van der Waals surface area contributed by atoms with Crippen LogP contribution >= 0.6 is 12.2 Å². The van der Waals surface area contributed by atoms with Crippen LogP contribution in [-0.2, 0) is 6.54 Å². The monoisotopic (exact) mass is 294 g/mol. The summed E-state index contributed by atoms with van der Waals surface area (Å²) in [6, 6.07) is 5.94. The zero-order valence-corrected chi connectivity index (χ0v) is 12.8. The summed E-state index contributed by atoms with van der Waals surface area (Å²) < 4.78 is 5.27. The second kappa shape index (κ2) is 6.52. The molecule has 0 aliphatic carbocycles. The molecular formula is C15H22N2O2S. The topological polar surface area (TPSA) is 58.7 Å². The van der Waals surface area contributed by atoms with Crippen LogP contribution in [0.25, 0.3) is 0 Å². The zero-order chi connectivity index (χ0) is 14.7. The normalized spacial score (nSPS) is 20.9. The van der Waals surface area contributed by atoms with Crippen LogP contribution < -0.4 is 10.5 Å². The van der Waals surface area contributed by atoms with Gasteiger partial charge in [0.1, 0.15) is 10.7 Å². The standard InChI is InChI=1S/C15H22N2O2S/c1-10(18)12-5-6-17(9-12)8-11-3-4-14(19-2)13(7-11)15(16)20/h3-4,7,10,12,18H,5-6,8-9H2,1-2H3,(H2,16,20). The second-order valence-corrected chi connectivity index (χ2v) is 5.86. The largest absolute Gasteiger partial charge is 0.496 e. The fourth-order valence-electron chi connectivity index (χ4n) is 2.70. The van der Waals surface area contributed by atoms with Crippen molar-refractivity contribution in [1.82, 2.24) is 4.90 Å². The lowest BCUT2D eigenvalue weighted by atomic mass is 10.0. The third-order valence-electron chi connectivity index (χ3n) is 3.93. The lowest BCUT2D eigenvalue weighted by Gasteiger charge is -2.18. The van der Waals surface area contributed by atoms with Gasteiger partial charge in [-0.3, -0.25) is 4.90 Å². The van der Waals surface area contributed by atoms with E-state index in [-0.39, 0.29) is 6.10 Å². The van der Waals surface area contributed by atoms with Gasteiger partial charge in [-0.1, -0.05) is 18.3 Å². The lowest BCUT2D eigenvalue weighted by Crippen LogP contribution is -2.24. The minimum Gasteiger partial charge on any atom is -0.496 e. The summed E-state index contributed by atoms with van der Waals surface area (Å²) in [6.45, 7) is 4.67. The Morgan fingerprint density at radius 1 is 1.60 bits per heavy atom. The van der Waals surface area contributed by atoms with Crippen LogP contribution in [0, 0.1) is 5.92 Å². The fourth-order valence-corrected chi connectivity index (χ4v) is 2.86. The Morgan fingerprint density at radius 3 is 2.90 bits per heavy atom. The maximum absolute atomic E-state index is 9.64. The Bertz CT molecular complexity index is 491. The van der Waals surface area contributed by atoms with E-state index in [4.69, 9.17) is 22.7 Å². The predicted octanol–water partition coefficient (Wildman–Crippen LogP) is 1.53.